The van der Waals surface area contributed by atoms with Crippen molar-refractivity contribution in [2.24, 2.45) is 0 Å². The van der Waals surface area contributed by atoms with Gasteiger partial charge < -0.3 is 14.9 Å². The highest BCUT2D eigenvalue weighted by atomic mass is 16.6. The zero-order valence-electron chi connectivity index (χ0n) is 11.8. The first-order valence-corrected chi connectivity index (χ1v) is 6.68. The Kier molecular flexibility index (Phi) is 8.27. The summed E-state index contributed by atoms with van der Waals surface area (Å²) in [4.78, 5) is 33.4. The molecule has 0 aliphatic rings. The molecule has 0 bridgehead atoms. The fourth-order valence-electron chi connectivity index (χ4n) is 1.86. The van der Waals surface area contributed by atoms with Crippen molar-refractivity contribution < 1.29 is 29.3 Å². The molecule has 0 radical (unpaired) electrons. The van der Waals surface area contributed by atoms with Gasteiger partial charge in [-0.25, -0.2) is 9.59 Å². The van der Waals surface area contributed by atoms with Gasteiger partial charge in [0.15, 0.2) is 0 Å². The largest absolute Gasteiger partial charge is 0.481 e. The van der Waals surface area contributed by atoms with Crippen molar-refractivity contribution in [2.75, 3.05) is 0 Å². The molecule has 6 heteroatoms. The molecule has 6 nitrogen and oxygen atoms in total. The maximum absolute atomic E-state index is 11.4. The second-order valence-corrected chi connectivity index (χ2v) is 4.63. The van der Waals surface area contributed by atoms with E-state index in [9.17, 15) is 19.5 Å². The van der Waals surface area contributed by atoms with E-state index in [1.807, 2.05) is 6.92 Å². The van der Waals surface area contributed by atoms with Gasteiger partial charge in [-0.05, 0) is 12.8 Å². The molecule has 0 aromatic carbocycles. The number of esters is 1. The van der Waals surface area contributed by atoms with Gasteiger partial charge in [0.05, 0.1) is 0 Å². The van der Waals surface area contributed by atoms with Crippen LogP contribution in [-0.4, -0.2) is 33.7 Å². The molecule has 0 aromatic heterocycles. The van der Waals surface area contributed by atoms with Crippen LogP contribution in [0.3, 0.4) is 0 Å². The molecule has 0 spiro atoms. The van der Waals surface area contributed by atoms with Crippen molar-refractivity contribution in [1.82, 2.24) is 0 Å². The van der Waals surface area contributed by atoms with E-state index in [0.717, 1.165) is 25.3 Å². The lowest BCUT2D eigenvalue weighted by molar-refractivity contribution is -0.178. The Morgan fingerprint density at radius 1 is 1.15 bits per heavy atom. The third-order valence-electron chi connectivity index (χ3n) is 3.03. The van der Waals surface area contributed by atoms with Crippen LogP contribution in [-0.2, 0) is 19.1 Å². The minimum absolute atomic E-state index is 0.106. The van der Waals surface area contributed by atoms with Crippen LogP contribution in [0.4, 0.5) is 0 Å². The summed E-state index contributed by atoms with van der Waals surface area (Å²) in [6, 6.07) is 0. The van der Waals surface area contributed by atoms with E-state index in [4.69, 9.17) is 9.84 Å². The Hall–Kier alpha value is -1.85. The third kappa shape index (κ3) is 6.36. The molecule has 0 aliphatic carbocycles. The van der Waals surface area contributed by atoms with Crippen LogP contribution in [0.5, 0.6) is 0 Å². The molecule has 2 N–H and O–H groups in total. The number of ether oxygens (including phenoxy) is 1. The fraction of sp³-hybridized carbons (Fsp3) is 0.643. The van der Waals surface area contributed by atoms with Gasteiger partial charge >= 0.3 is 17.9 Å². The van der Waals surface area contributed by atoms with Crippen molar-refractivity contribution >= 4 is 17.9 Å². The second-order valence-electron chi connectivity index (χ2n) is 4.63. The minimum Gasteiger partial charge on any atom is -0.481 e. The molecule has 1 unspecified atom stereocenters. The predicted molar refractivity (Wildman–Crippen MR) is 72.3 cm³/mol. The van der Waals surface area contributed by atoms with E-state index in [-0.39, 0.29) is 19.3 Å². The summed E-state index contributed by atoms with van der Waals surface area (Å²) in [5, 5.41) is 18.0. The molecular weight excluding hydrogens is 264 g/mol. The third-order valence-corrected chi connectivity index (χ3v) is 3.03. The monoisotopic (exact) mass is 286 g/mol. The zero-order chi connectivity index (χ0) is 15.6. The number of rotatable bonds is 11. The summed E-state index contributed by atoms with van der Waals surface area (Å²) in [6.07, 6.45) is 3.67. The van der Waals surface area contributed by atoms with E-state index < -0.39 is 23.5 Å². The van der Waals surface area contributed by atoms with Crippen molar-refractivity contribution in [1.29, 1.82) is 0 Å². The summed E-state index contributed by atoms with van der Waals surface area (Å²) < 4.78 is 4.96. The molecule has 0 aliphatic heterocycles. The van der Waals surface area contributed by atoms with Crippen LogP contribution < -0.4 is 0 Å². The Bertz CT molecular complexity index is 363. The number of hydrogen-bond donors (Lipinski definition) is 2. The lowest BCUT2D eigenvalue weighted by atomic mass is 9.90. The van der Waals surface area contributed by atoms with E-state index in [0.29, 0.717) is 6.42 Å². The quantitative estimate of drug-likeness (QED) is 0.343. The van der Waals surface area contributed by atoms with Gasteiger partial charge in [0, 0.05) is 18.9 Å². The van der Waals surface area contributed by atoms with E-state index >= 15 is 0 Å². The molecule has 20 heavy (non-hydrogen) atoms. The van der Waals surface area contributed by atoms with E-state index in [1.165, 1.54) is 0 Å². The predicted octanol–water partition coefficient (Wildman–Crippen LogP) is 2.37. The Morgan fingerprint density at radius 3 is 2.25 bits per heavy atom. The van der Waals surface area contributed by atoms with Crippen LogP contribution in [0.2, 0.25) is 0 Å². The number of unbranched alkanes of at least 4 members (excludes halogenated alkanes) is 3. The van der Waals surface area contributed by atoms with Crippen molar-refractivity contribution in [3.05, 3.63) is 12.7 Å². The van der Waals surface area contributed by atoms with Gasteiger partial charge in [0.1, 0.15) is 0 Å². The Morgan fingerprint density at radius 2 is 1.80 bits per heavy atom. The van der Waals surface area contributed by atoms with Crippen molar-refractivity contribution in [3.8, 4) is 0 Å². The summed E-state index contributed by atoms with van der Waals surface area (Å²) in [7, 11) is 0. The maximum Gasteiger partial charge on any atom is 0.348 e. The lowest BCUT2D eigenvalue weighted by Gasteiger charge is -2.28. The smallest absolute Gasteiger partial charge is 0.348 e. The standard InChI is InChI=1S/C14H22O6/c1-3-5-6-7-9-14(13(18)19,10-8-11(15)16)20-12(17)4-2/h4H,2-3,5-10H2,1H3,(H,15,16)(H,18,19). The van der Waals surface area contributed by atoms with Gasteiger partial charge in [-0.3, -0.25) is 4.79 Å². The zero-order valence-corrected chi connectivity index (χ0v) is 11.8. The average Bonchev–Trinajstić information content (AvgIpc) is 2.40. The van der Waals surface area contributed by atoms with Gasteiger partial charge in [-0.1, -0.05) is 32.8 Å². The topological polar surface area (TPSA) is 101 Å². The first-order valence-electron chi connectivity index (χ1n) is 6.68. The number of carboxylic acids is 2. The van der Waals surface area contributed by atoms with Gasteiger partial charge in [0.25, 0.3) is 0 Å². The molecule has 0 heterocycles. The molecule has 0 saturated carbocycles. The van der Waals surface area contributed by atoms with Gasteiger partial charge in [-0.15, -0.1) is 0 Å². The number of carbonyl (C=O) groups excluding carboxylic acids is 1. The second kappa shape index (κ2) is 9.12. The van der Waals surface area contributed by atoms with E-state index in [1.54, 1.807) is 0 Å². The van der Waals surface area contributed by atoms with E-state index in [2.05, 4.69) is 6.58 Å². The van der Waals surface area contributed by atoms with Crippen LogP contribution in [0.25, 0.3) is 0 Å². The summed E-state index contributed by atoms with van der Waals surface area (Å²) in [5.41, 5.74) is -1.78. The minimum atomic E-state index is -1.78. The Labute approximate surface area is 118 Å². The number of aliphatic carboxylic acids is 2. The number of hydrogen-bond acceptors (Lipinski definition) is 4. The van der Waals surface area contributed by atoms with Crippen LogP contribution in [0.15, 0.2) is 12.7 Å². The molecule has 0 rings (SSSR count). The molecule has 1 atom stereocenters. The van der Waals surface area contributed by atoms with Crippen LogP contribution >= 0.6 is 0 Å². The maximum atomic E-state index is 11.4. The highest BCUT2D eigenvalue weighted by molar-refractivity contribution is 5.87. The van der Waals surface area contributed by atoms with Crippen LogP contribution in [0.1, 0.15) is 51.9 Å². The molecule has 0 aromatic rings. The fourth-order valence-corrected chi connectivity index (χ4v) is 1.86. The van der Waals surface area contributed by atoms with Crippen LogP contribution in [0, 0.1) is 0 Å². The molecule has 0 amide bonds. The molecule has 0 fully saturated rings. The number of carboxylic acid groups (broad SMARTS) is 2. The van der Waals surface area contributed by atoms with Crippen molar-refractivity contribution in [2.45, 2.75) is 57.5 Å². The van der Waals surface area contributed by atoms with Gasteiger partial charge in [-0.2, -0.15) is 0 Å². The summed E-state index contributed by atoms with van der Waals surface area (Å²) >= 11 is 0. The summed E-state index contributed by atoms with van der Waals surface area (Å²) in [5.74, 6) is -3.29. The summed E-state index contributed by atoms with van der Waals surface area (Å²) in [6.45, 7) is 5.25. The lowest BCUT2D eigenvalue weighted by Crippen LogP contribution is -2.43. The average molecular weight is 286 g/mol. The first kappa shape index (κ1) is 18.1. The Balaban J connectivity index is 4.90. The normalized spacial score (nSPS) is 13.2. The van der Waals surface area contributed by atoms with Gasteiger partial charge in [0.2, 0.25) is 5.60 Å². The molecule has 0 saturated heterocycles. The number of carbonyl (C=O) groups is 3. The first-order chi connectivity index (χ1) is 9.38. The molecular formula is C14H22O6. The SMILES string of the molecule is C=CC(=O)OC(CCCCCC)(CCC(=O)O)C(=O)O. The molecule has 114 valence electrons. The highest BCUT2D eigenvalue weighted by Gasteiger charge is 2.41. The van der Waals surface area contributed by atoms with Crippen molar-refractivity contribution in [3.63, 3.8) is 0 Å². The highest BCUT2D eigenvalue weighted by Crippen LogP contribution is 2.27.